The number of rotatable bonds is 57. The second-order valence-corrected chi connectivity index (χ2v) is 20.9. The molecule has 0 aromatic heterocycles. The molecular formula is C73H118O6. The van der Waals surface area contributed by atoms with Crippen molar-refractivity contribution >= 4 is 17.9 Å². The van der Waals surface area contributed by atoms with Crippen LogP contribution in [0.4, 0.5) is 0 Å². The van der Waals surface area contributed by atoms with Crippen molar-refractivity contribution in [1.82, 2.24) is 0 Å². The molecule has 1 atom stereocenters. The molecule has 0 saturated carbocycles. The van der Waals surface area contributed by atoms with Gasteiger partial charge in [-0.2, -0.15) is 0 Å². The normalized spacial score (nSPS) is 13.1. The SMILES string of the molecule is CC/C=C\C/C=C\C/C=C\C/C=C\C/C=C\C/C=C\CCCCCCCCC(=O)OCC(COC(=O)CCC/C=C\C/C=C\C/C=C\C/C=C\C/C=C\CC)OC(=O)CCCCCCCCCCC/C=C\CCCCCCCC. The lowest BCUT2D eigenvalue weighted by molar-refractivity contribution is -0.167. The van der Waals surface area contributed by atoms with Crippen LogP contribution in [0.15, 0.2) is 146 Å². The van der Waals surface area contributed by atoms with E-state index >= 15 is 0 Å². The molecule has 0 saturated heterocycles. The summed E-state index contributed by atoms with van der Waals surface area (Å²) in [4.78, 5) is 38.3. The Morgan fingerprint density at radius 2 is 0.506 bits per heavy atom. The molecule has 79 heavy (non-hydrogen) atoms. The zero-order chi connectivity index (χ0) is 57.1. The van der Waals surface area contributed by atoms with Gasteiger partial charge in [-0.05, 0) is 135 Å². The molecule has 0 rings (SSSR count). The van der Waals surface area contributed by atoms with E-state index in [1.807, 2.05) is 0 Å². The van der Waals surface area contributed by atoms with Gasteiger partial charge < -0.3 is 14.2 Å². The van der Waals surface area contributed by atoms with Crippen molar-refractivity contribution in [1.29, 1.82) is 0 Å². The van der Waals surface area contributed by atoms with E-state index in [1.54, 1.807) is 0 Å². The predicted molar refractivity (Wildman–Crippen MR) is 343 cm³/mol. The van der Waals surface area contributed by atoms with Gasteiger partial charge in [0.25, 0.3) is 0 Å². The Bertz CT molecular complexity index is 1730. The van der Waals surface area contributed by atoms with Gasteiger partial charge in [0.1, 0.15) is 13.2 Å². The van der Waals surface area contributed by atoms with Crippen LogP contribution in [-0.4, -0.2) is 37.2 Å². The van der Waals surface area contributed by atoms with Gasteiger partial charge >= 0.3 is 17.9 Å². The minimum absolute atomic E-state index is 0.109. The van der Waals surface area contributed by atoms with Crippen molar-refractivity contribution in [2.45, 2.75) is 284 Å². The third kappa shape index (κ3) is 64.0. The highest BCUT2D eigenvalue weighted by molar-refractivity contribution is 5.71. The molecule has 6 nitrogen and oxygen atoms in total. The molecule has 1 unspecified atom stereocenters. The molecule has 0 radical (unpaired) electrons. The van der Waals surface area contributed by atoms with Crippen LogP contribution in [0.2, 0.25) is 0 Å². The van der Waals surface area contributed by atoms with Crippen LogP contribution in [0.3, 0.4) is 0 Å². The largest absolute Gasteiger partial charge is 0.462 e. The zero-order valence-electron chi connectivity index (χ0n) is 51.1. The van der Waals surface area contributed by atoms with Gasteiger partial charge in [0, 0.05) is 19.3 Å². The Morgan fingerprint density at radius 1 is 0.266 bits per heavy atom. The molecule has 0 N–H and O–H groups in total. The molecule has 0 aromatic rings. The first-order valence-electron chi connectivity index (χ1n) is 32.3. The zero-order valence-corrected chi connectivity index (χ0v) is 51.1. The van der Waals surface area contributed by atoms with Gasteiger partial charge in [-0.25, -0.2) is 0 Å². The Morgan fingerprint density at radius 3 is 0.835 bits per heavy atom. The second-order valence-electron chi connectivity index (χ2n) is 20.9. The molecule has 446 valence electrons. The molecule has 0 bridgehead atoms. The average molecular weight is 1090 g/mol. The minimum Gasteiger partial charge on any atom is -0.462 e. The summed E-state index contributed by atoms with van der Waals surface area (Å²) >= 11 is 0. The van der Waals surface area contributed by atoms with Crippen LogP contribution >= 0.6 is 0 Å². The van der Waals surface area contributed by atoms with Gasteiger partial charge in [-0.15, -0.1) is 0 Å². The number of esters is 3. The number of carbonyl (C=O) groups excluding carboxylic acids is 3. The smallest absolute Gasteiger partial charge is 0.306 e. The highest BCUT2D eigenvalue weighted by Gasteiger charge is 2.19. The molecule has 0 spiro atoms. The fourth-order valence-corrected chi connectivity index (χ4v) is 8.54. The summed E-state index contributed by atoms with van der Waals surface area (Å²) < 4.78 is 16.9. The van der Waals surface area contributed by atoms with Crippen LogP contribution in [0, 0.1) is 0 Å². The second kappa shape index (κ2) is 65.8. The lowest BCUT2D eigenvalue weighted by atomic mass is 10.1. The summed E-state index contributed by atoms with van der Waals surface area (Å²) in [6, 6.07) is 0. The molecule has 0 amide bonds. The first-order chi connectivity index (χ1) is 39.0. The van der Waals surface area contributed by atoms with E-state index < -0.39 is 6.10 Å². The van der Waals surface area contributed by atoms with Crippen molar-refractivity contribution in [2.75, 3.05) is 13.2 Å². The lowest BCUT2D eigenvalue weighted by Crippen LogP contribution is -2.30. The van der Waals surface area contributed by atoms with Crippen molar-refractivity contribution in [3.05, 3.63) is 146 Å². The monoisotopic (exact) mass is 1090 g/mol. The lowest BCUT2D eigenvalue weighted by Gasteiger charge is -2.18. The van der Waals surface area contributed by atoms with Crippen LogP contribution in [0.25, 0.3) is 0 Å². The van der Waals surface area contributed by atoms with Crippen LogP contribution in [0.5, 0.6) is 0 Å². The Kier molecular flexibility index (Phi) is 61.9. The molecule has 0 fully saturated rings. The fourth-order valence-electron chi connectivity index (χ4n) is 8.54. The van der Waals surface area contributed by atoms with E-state index in [1.165, 1.54) is 103 Å². The number of ether oxygens (including phenoxy) is 3. The summed E-state index contributed by atoms with van der Waals surface area (Å²) in [5.41, 5.74) is 0. The van der Waals surface area contributed by atoms with Crippen LogP contribution in [-0.2, 0) is 28.6 Å². The first kappa shape index (κ1) is 74.3. The maximum absolute atomic E-state index is 12.9. The first-order valence-corrected chi connectivity index (χ1v) is 32.3. The average Bonchev–Trinajstić information content (AvgIpc) is 3.45. The van der Waals surface area contributed by atoms with E-state index in [2.05, 4.69) is 167 Å². The predicted octanol–water partition coefficient (Wildman–Crippen LogP) is 22.3. The van der Waals surface area contributed by atoms with Crippen LogP contribution < -0.4 is 0 Å². The highest BCUT2D eigenvalue weighted by Crippen LogP contribution is 2.15. The maximum atomic E-state index is 12.9. The maximum Gasteiger partial charge on any atom is 0.306 e. The van der Waals surface area contributed by atoms with Gasteiger partial charge in [-0.1, -0.05) is 269 Å². The summed E-state index contributed by atoms with van der Waals surface area (Å²) in [5, 5.41) is 0. The summed E-state index contributed by atoms with van der Waals surface area (Å²) in [6.07, 6.45) is 94.2. The standard InChI is InChI=1S/C73H118O6/c1-4-7-10-13-16-19-22-25-28-31-33-34-35-36-37-38-40-42-45-48-51-54-57-60-63-66-72(75)78-69-70(68-77-71(74)65-62-59-56-53-50-47-44-41-30-27-24-21-18-15-12-9-6-3)79-73(76)67-64-61-58-55-52-49-46-43-39-32-29-26-23-20-17-14-11-8-5-2/h7,9-10,12,16,18-19,21,25-30,33-34,36-37,40,42,44,47,53,56,70H,4-6,8,11,13-15,17,20,22-24,31-32,35,38-39,41,43,45-46,48-52,54-55,57-69H2,1-3H3/b10-7-,12-9-,19-16-,21-18-,28-25-,29-26-,30-27-,34-33-,37-36-,42-40-,47-44-,56-53-. The quantitative estimate of drug-likeness (QED) is 0.0261. The summed E-state index contributed by atoms with van der Waals surface area (Å²) in [7, 11) is 0. The van der Waals surface area contributed by atoms with Crippen molar-refractivity contribution < 1.29 is 28.6 Å². The van der Waals surface area contributed by atoms with E-state index in [9.17, 15) is 14.4 Å². The number of allylic oxidation sites excluding steroid dienone is 24. The number of hydrogen-bond acceptors (Lipinski definition) is 6. The molecule has 0 aliphatic heterocycles. The number of carbonyl (C=O) groups is 3. The molecule has 0 aliphatic rings. The number of hydrogen-bond donors (Lipinski definition) is 0. The van der Waals surface area contributed by atoms with Crippen molar-refractivity contribution in [2.24, 2.45) is 0 Å². The van der Waals surface area contributed by atoms with E-state index in [-0.39, 0.29) is 37.5 Å². The Hall–Kier alpha value is -4.71. The van der Waals surface area contributed by atoms with Gasteiger partial charge in [0.05, 0.1) is 0 Å². The molecule has 0 aliphatic carbocycles. The Balaban J connectivity index is 4.49. The summed E-state index contributed by atoms with van der Waals surface area (Å²) in [5.74, 6) is -0.984. The Labute approximate surface area is 487 Å². The highest BCUT2D eigenvalue weighted by atomic mass is 16.6. The number of unbranched alkanes of at least 4 members (excludes halogenated alkanes) is 22. The molecule has 0 aromatic carbocycles. The summed E-state index contributed by atoms with van der Waals surface area (Å²) in [6.45, 7) is 6.35. The van der Waals surface area contributed by atoms with Crippen molar-refractivity contribution in [3.63, 3.8) is 0 Å². The third-order valence-corrected chi connectivity index (χ3v) is 13.3. The molecule has 6 heteroatoms. The molecular weight excluding hydrogens is 973 g/mol. The van der Waals surface area contributed by atoms with E-state index in [4.69, 9.17) is 14.2 Å². The van der Waals surface area contributed by atoms with Gasteiger partial charge in [0.2, 0.25) is 0 Å². The van der Waals surface area contributed by atoms with Crippen molar-refractivity contribution in [3.8, 4) is 0 Å². The van der Waals surface area contributed by atoms with Gasteiger partial charge in [0.15, 0.2) is 6.10 Å². The van der Waals surface area contributed by atoms with E-state index in [0.717, 1.165) is 128 Å². The van der Waals surface area contributed by atoms with Gasteiger partial charge in [-0.3, -0.25) is 14.4 Å². The van der Waals surface area contributed by atoms with Crippen LogP contribution in [0.1, 0.15) is 278 Å². The topological polar surface area (TPSA) is 78.9 Å². The minimum atomic E-state index is -0.816. The fraction of sp³-hybridized carbons (Fsp3) is 0.630. The van der Waals surface area contributed by atoms with E-state index in [0.29, 0.717) is 19.3 Å². The third-order valence-electron chi connectivity index (χ3n) is 13.3. The molecule has 0 heterocycles.